The smallest absolute Gasteiger partial charge is 0.295 e. The SMILES string of the molecule is CCc1ccc(C2/C(=C(\O)c3ccc4c(c3)CC(C)O4)C(=O)C(=O)N2Cc2ccccc2)cc1. The van der Waals surface area contributed by atoms with E-state index in [4.69, 9.17) is 4.74 Å². The van der Waals surface area contributed by atoms with Crippen LogP contribution < -0.4 is 4.74 Å². The Hall–Kier alpha value is -3.86. The van der Waals surface area contributed by atoms with Crippen LogP contribution in [-0.4, -0.2) is 27.8 Å². The Morgan fingerprint density at radius 3 is 2.44 bits per heavy atom. The van der Waals surface area contributed by atoms with Gasteiger partial charge in [-0.25, -0.2) is 0 Å². The van der Waals surface area contributed by atoms with E-state index in [0.717, 1.165) is 40.8 Å². The summed E-state index contributed by atoms with van der Waals surface area (Å²) in [7, 11) is 0. The van der Waals surface area contributed by atoms with Gasteiger partial charge in [-0.15, -0.1) is 0 Å². The lowest BCUT2D eigenvalue weighted by Gasteiger charge is -2.25. The van der Waals surface area contributed by atoms with E-state index in [1.807, 2.05) is 73.7 Å². The molecule has 1 N–H and O–H groups in total. The molecule has 3 aromatic rings. The molecule has 34 heavy (non-hydrogen) atoms. The average molecular weight is 454 g/mol. The highest BCUT2D eigenvalue weighted by Gasteiger charge is 2.46. The van der Waals surface area contributed by atoms with Gasteiger partial charge in [0, 0.05) is 18.5 Å². The molecule has 5 rings (SSSR count). The van der Waals surface area contributed by atoms with Gasteiger partial charge in [0.15, 0.2) is 0 Å². The van der Waals surface area contributed by atoms with Gasteiger partial charge >= 0.3 is 0 Å². The van der Waals surface area contributed by atoms with Crippen molar-refractivity contribution in [2.45, 2.75) is 45.4 Å². The molecule has 2 atom stereocenters. The second kappa shape index (κ2) is 8.82. The van der Waals surface area contributed by atoms with Gasteiger partial charge in [0.25, 0.3) is 11.7 Å². The summed E-state index contributed by atoms with van der Waals surface area (Å²) in [5.41, 5.74) is 4.51. The maximum absolute atomic E-state index is 13.3. The number of fused-ring (bicyclic) bond motifs is 1. The van der Waals surface area contributed by atoms with Crippen LogP contribution in [0.5, 0.6) is 5.75 Å². The van der Waals surface area contributed by atoms with Crippen LogP contribution in [0, 0.1) is 0 Å². The number of nitrogens with zero attached hydrogens (tertiary/aromatic N) is 1. The van der Waals surface area contributed by atoms with Gasteiger partial charge in [-0.2, -0.15) is 0 Å². The lowest BCUT2D eigenvalue weighted by atomic mass is 9.93. The first-order chi connectivity index (χ1) is 16.5. The lowest BCUT2D eigenvalue weighted by molar-refractivity contribution is -0.140. The number of aryl methyl sites for hydroxylation is 1. The van der Waals surface area contributed by atoms with Crippen LogP contribution in [-0.2, 0) is 29.0 Å². The Bertz CT molecular complexity index is 1280. The van der Waals surface area contributed by atoms with Crippen LogP contribution in [0.25, 0.3) is 5.76 Å². The molecule has 0 spiro atoms. The molecule has 0 radical (unpaired) electrons. The fourth-order valence-corrected chi connectivity index (χ4v) is 4.83. The predicted octanol–water partition coefficient (Wildman–Crippen LogP) is 5.19. The quantitative estimate of drug-likeness (QED) is 0.328. The molecule has 5 nitrogen and oxygen atoms in total. The van der Waals surface area contributed by atoms with Crippen LogP contribution >= 0.6 is 0 Å². The third-order valence-electron chi connectivity index (χ3n) is 6.61. The zero-order chi connectivity index (χ0) is 23.8. The lowest BCUT2D eigenvalue weighted by Crippen LogP contribution is -2.29. The van der Waals surface area contributed by atoms with Gasteiger partial charge < -0.3 is 14.7 Å². The molecule has 1 saturated heterocycles. The molecule has 0 aromatic heterocycles. The highest BCUT2D eigenvalue weighted by molar-refractivity contribution is 6.46. The first-order valence-corrected chi connectivity index (χ1v) is 11.7. The molecule has 2 aliphatic heterocycles. The highest BCUT2D eigenvalue weighted by atomic mass is 16.5. The summed E-state index contributed by atoms with van der Waals surface area (Å²) >= 11 is 0. The van der Waals surface area contributed by atoms with E-state index in [1.54, 1.807) is 11.0 Å². The molecule has 2 heterocycles. The van der Waals surface area contributed by atoms with E-state index in [0.29, 0.717) is 5.56 Å². The number of ether oxygens (including phenoxy) is 1. The average Bonchev–Trinajstić information content (AvgIpc) is 3.35. The van der Waals surface area contributed by atoms with E-state index in [9.17, 15) is 14.7 Å². The van der Waals surface area contributed by atoms with Crippen LogP contribution in [0.3, 0.4) is 0 Å². The third kappa shape index (κ3) is 3.87. The second-order valence-electron chi connectivity index (χ2n) is 8.96. The van der Waals surface area contributed by atoms with E-state index >= 15 is 0 Å². The normalized spacial score (nSPS) is 20.9. The summed E-state index contributed by atoms with van der Waals surface area (Å²) in [5, 5.41) is 11.4. The van der Waals surface area contributed by atoms with Crippen LogP contribution in [0.2, 0.25) is 0 Å². The maximum atomic E-state index is 13.3. The second-order valence-corrected chi connectivity index (χ2v) is 8.96. The van der Waals surface area contributed by atoms with Gasteiger partial charge in [0.05, 0.1) is 11.6 Å². The largest absolute Gasteiger partial charge is 0.507 e. The molecule has 2 aliphatic rings. The molecule has 0 aliphatic carbocycles. The standard InChI is InChI=1S/C29H27NO4/c1-3-19-9-11-21(12-10-19)26-25(27(31)22-13-14-24-23(16-22)15-18(2)34-24)28(32)29(33)30(26)17-20-7-5-4-6-8-20/h4-14,16,18,26,31H,3,15,17H2,1-2H3/b27-25+. The number of Topliss-reactive ketones (excluding diaryl/α,β-unsaturated/α-hetero) is 1. The Morgan fingerprint density at radius 1 is 1.00 bits per heavy atom. The first kappa shape index (κ1) is 22.0. The van der Waals surface area contributed by atoms with Gasteiger partial charge in [0.1, 0.15) is 17.6 Å². The van der Waals surface area contributed by atoms with Crippen LogP contribution in [0.15, 0.2) is 78.4 Å². The van der Waals surface area contributed by atoms with Crippen molar-refractivity contribution in [3.63, 3.8) is 0 Å². The number of amides is 1. The number of hydrogen-bond donors (Lipinski definition) is 1. The van der Waals surface area contributed by atoms with Gasteiger partial charge in [0.2, 0.25) is 0 Å². The van der Waals surface area contributed by atoms with Gasteiger partial charge in [-0.1, -0.05) is 61.5 Å². The van der Waals surface area contributed by atoms with Gasteiger partial charge in [-0.05, 0) is 53.8 Å². The molecule has 5 heteroatoms. The first-order valence-electron chi connectivity index (χ1n) is 11.7. The summed E-state index contributed by atoms with van der Waals surface area (Å²) in [6.07, 6.45) is 1.70. The van der Waals surface area contributed by atoms with Crippen molar-refractivity contribution in [1.29, 1.82) is 0 Å². The van der Waals surface area contributed by atoms with Crippen molar-refractivity contribution in [2.75, 3.05) is 0 Å². The molecule has 1 amide bonds. The number of aliphatic hydroxyl groups excluding tert-OH is 1. The number of benzene rings is 3. The predicted molar refractivity (Wildman–Crippen MR) is 130 cm³/mol. The van der Waals surface area contributed by atoms with Crippen molar-refractivity contribution in [2.24, 2.45) is 0 Å². The summed E-state index contributed by atoms with van der Waals surface area (Å²) in [6.45, 7) is 4.35. The van der Waals surface area contributed by atoms with E-state index < -0.39 is 17.7 Å². The Labute approximate surface area is 199 Å². The van der Waals surface area contributed by atoms with Crippen molar-refractivity contribution >= 4 is 17.4 Å². The highest BCUT2D eigenvalue weighted by Crippen LogP contribution is 2.41. The van der Waals surface area contributed by atoms with E-state index in [2.05, 4.69) is 6.92 Å². The summed E-state index contributed by atoms with van der Waals surface area (Å²) < 4.78 is 5.77. The van der Waals surface area contributed by atoms with Crippen LogP contribution in [0.4, 0.5) is 0 Å². The molecular weight excluding hydrogens is 426 g/mol. The number of carbonyl (C=O) groups excluding carboxylic acids is 2. The fraction of sp³-hybridized carbons (Fsp3) is 0.241. The topological polar surface area (TPSA) is 66.8 Å². The van der Waals surface area contributed by atoms with E-state index in [-0.39, 0.29) is 24.0 Å². The van der Waals surface area contributed by atoms with Gasteiger partial charge in [-0.3, -0.25) is 9.59 Å². The zero-order valence-corrected chi connectivity index (χ0v) is 19.3. The summed E-state index contributed by atoms with van der Waals surface area (Å²) in [5.74, 6) is -0.627. The number of hydrogen-bond acceptors (Lipinski definition) is 4. The molecule has 0 bridgehead atoms. The number of likely N-dealkylation sites (tertiary alicyclic amines) is 1. The Kier molecular flexibility index (Phi) is 5.70. The monoisotopic (exact) mass is 453 g/mol. The molecule has 1 fully saturated rings. The molecular formula is C29H27NO4. The number of ketones is 1. The molecule has 172 valence electrons. The zero-order valence-electron chi connectivity index (χ0n) is 19.3. The summed E-state index contributed by atoms with van der Waals surface area (Å²) in [6, 6.07) is 22.2. The maximum Gasteiger partial charge on any atom is 0.295 e. The van der Waals surface area contributed by atoms with Crippen molar-refractivity contribution < 1.29 is 19.4 Å². The van der Waals surface area contributed by atoms with E-state index in [1.165, 1.54) is 0 Å². The Morgan fingerprint density at radius 2 is 1.74 bits per heavy atom. The molecule has 3 aromatic carbocycles. The van der Waals surface area contributed by atoms with Crippen LogP contribution in [0.1, 0.15) is 47.7 Å². The molecule has 2 unspecified atom stereocenters. The minimum atomic E-state index is -0.672. The minimum absolute atomic E-state index is 0.0703. The third-order valence-corrected chi connectivity index (χ3v) is 6.61. The Balaban J connectivity index is 1.62. The fourth-order valence-electron chi connectivity index (χ4n) is 4.83. The summed E-state index contributed by atoms with van der Waals surface area (Å²) in [4.78, 5) is 28.0. The number of aliphatic hydroxyl groups is 1. The molecule has 0 saturated carbocycles. The number of carbonyl (C=O) groups is 2. The van der Waals surface area contributed by atoms with Crippen molar-refractivity contribution in [3.8, 4) is 5.75 Å². The van der Waals surface area contributed by atoms with Crippen molar-refractivity contribution in [3.05, 3.63) is 106 Å². The number of rotatable bonds is 5. The van der Waals surface area contributed by atoms with Crippen molar-refractivity contribution in [1.82, 2.24) is 4.90 Å². The minimum Gasteiger partial charge on any atom is -0.507 e.